The highest BCUT2D eigenvalue weighted by Gasteiger charge is 2.35. The van der Waals surface area contributed by atoms with E-state index in [0.29, 0.717) is 4.48 Å². The largest absolute Gasteiger partial charge is 0.726 e. The molecule has 0 fully saturated rings. The molecule has 2 unspecified atom stereocenters. The second-order valence-electron chi connectivity index (χ2n) is 15.1. The minimum absolute atomic E-state index is 0.0777. The van der Waals surface area contributed by atoms with E-state index >= 15 is 0 Å². The summed E-state index contributed by atoms with van der Waals surface area (Å²) in [5, 5.41) is 0. The Hall–Kier alpha value is -1.35. The first-order chi connectivity index (χ1) is 24.6. The zero-order valence-electron chi connectivity index (χ0n) is 34.1. The van der Waals surface area contributed by atoms with E-state index in [-0.39, 0.29) is 12.1 Å². The summed E-state index contributed by atoms with van der Waals surface area (Å²) in [6.07, 6.45) is 50.0. The van der Waals surface area contributed by atoms with Gasteiger partial charge in [0.05, 0.1) is 21.2 Å². The van der Waals surface area contributed by atoms with E-state index in [4.69, 9.17) is 0 Å². The first-order valence-corrected chi connectivity index (χ1v) is 22.5. The average molecular weight is 742 g/mol. The fourth-order valence-corrected chi connectivity index (χ4v) is 6.56. The van der Waals surface area contributed by atoms with Gasteiger partial charge >= 0.3 is 0 Å². The molecule has 0 amide bonds. The molecule has 0 aliphatic heterocycles. The number of unbranched alkanes of at least 4 members (excludes halogenated alkanes) is 24. The normalized spacial score (nSPS) is 13.4. The lowest BCUT2D eigenvalue weighted by Gasteiger charge is -2.39. The minimum Gasteiger partial charge on any atom is -0.726 e. The molecule has 7 nitrogen and oxygen atoms in total. The Morgan fingerprint density at radius 3 is 0.961 bits per heavy atom. The van der Waals surface area contributed by atoms with Gasteiger partial charge in [0.1, 0.15) is 12.1 Å². The predicted molar refractivity (Wildman–Crippen MR) is 217 cm³/mol. The molecule has 0 rings (SSSR count). The Balaban J connectivity index is 0. The molecule has 0 saturated carbocycles. The van der Waals surface area contributed by atoms with Gasteiger partial charge in [0.25, 0.3) is 0 Å². The summed E-state index contributed by atoms with van der Waals surface area (Å²) in [6, 6.07) is -0.155. The number of carbonyl (C=O) groups is 2. The molecule has 51 heavy (non-hydrogen) atoms. The number of nitrogens with zero attached hydrogens (tertiary/aromatic N) is 1. The van der Waals surface area contributed by atoms with E-state index < -0.39 is 10.4 Å². The lowest BCUT2D eigenvalue weighted by molar-refractivity contribution is -0.919. The minimum atomic E-state index is -4.41. The van der Waals surface area contributed by atoms with Crippen molar-refractivity contribution in [2.75, 3.05) is 21.2 Å². The maximum absolute atomic E-state index is 12.0. The van der Waals surface area contributed by atoms with E-state index in [9.17, 15) is 22.6 Å². The smallest absolute Gasteiger partial charge is 0.217 e. The summed E-state index contributed by atoms with van der Waals surface area (Å²) in [5.74, 6) is 0. The maximum Gasteiger partial charge on any atom is 0.217 e. The van der Waals surface area contributed by atoms with Crippen LogP contribution >= 0.6 is 0 Å². The Bertz CT molecular complexity index is 861. The summed E-state index contributed by atoms with van der Waals surface area (Å²) in [7, 11) is 0.587. The van der Waals surface area contributed by atoms with Crippen molar-refractivity contribution in [3.63, 3.8) is 0 Å². The summed E-state index contributed by atoms with van der Waals surface area (Å²) in [5.41, 5.74) is 0. The predicted octanol–water partition coefficient (Wildman–Crippen LogP) is 12.1. The van der Waals surface area contributed by atoms with Crippen LogP contribution in [0.25, 0.3) is 0 Å². The molecule has 0 aromatic carbocycles. The van der Waals surface area contributed by atoms with Crippen molar-refractivity contribution in [2.45, 2.75) is 219 Å². The number of allylic oxidation sites excluding steroid dienone is 4. The summed E-state index contributed by atoms with van der Waals surface area (Å²) in [6.45, 7) is 4.55. The SMILES string of the molecule is CCCCCCCC/C=C\CCCCCCCCC(C=O)[N+](C)(C)C(C=O)CCCCCCCC/C=C\CCCCCCCC.COS(=O)(=O)[O-]. The highest BCUT2D eigenvalue weighted by Crippen LogP contribution is 2.22. The van der Waals surface area contributed by atoms with Crippen LogP contribution < -0.4 is 0 Å². The molecule has 302 valence electrons. The van der Waals surface area contributed by atoms with E-state index in [1.54, 1.807) is 0 Å². The monoisotopic (exact) mass is 742 g/mol. The summed E-state index contributed by atoms with van der Waals surface area (Å²) < 4.78 is 31.5. The molecule has 0 aromatic rings. The third kappa shape index (κ3) is 36.8. The Labute approximate surface area is 317 Å². The Morgan fingerprint density at radius 2 is 0.725 bits per heavy atom. The van der Waals surface area contributed by atoms with Gasteiger partial charge in [-0.2, -0.15) is 0 Å². The molecule has 0 aliphatic carbocycles. The van der Waals surface area contributed by atoms with Gasteiger partial charge in [-0.15, -0.1) is 0 Å². The standard InChI is InChI=1S/C42H80NO2.CH4O4S/c1-5-7-9-11-13-15-17-19-21-23-25-27-29-31-33-35-37-41(39-44)43(3,4)42(40-45)38-36-34-32-30-28-26-24-22-20-18-16-14-12-10-8-6-2;1-5-6(2,3)4/h19-22,39-42H,5-18,23-38H2,1-4H3;1H3,(H,2,3,4)/q+1;/p-1/b21-19-,22-20-;. The van der Waals surface area contributed by atoms with Crippen LogP contribution in [0.3, 0.4) is 0 Å². The number of carbonyl (C=O) groups excluding carboxylic acids is 2. The van der Waals surface area contributed by atoms with E-state index in [0.717, 1.165) is 45.4 Å². The third-order valence-electron chi connectivity index (χ3n) is 10.3. The first kappa shape index (κ1) is 51.8. The zero-order valence-corrected chi connectivity index (χ0v) is 35.0. The third-order valence-corrected chi connectivity index (χ3v) is 10.7. The van der Waals surface area contributed by atoms with Crippen molar-refractivity contribution in [3.05, 3.63) is 24.3 Å². The number of hydrogen-bond donors (Lipinski definition) is 0. The quantitative estimate of drug-likeness (QED) is 0.0157. The molecule has 0 heterocycles. The second kappa shape index (κ2) is 38.4. The molecule has 0 N–H and O–H groups in total. The van der Waals surface area contributed by atoms with Crippen molar-refractivity contribution < 1.29 is 31.2 Å². The summed E-state index contributed by atoms with van der Waals surface area (Å²) in [4.78, 5) is 24.1. The lowest BCUT2D eigenvalue weighted by Crippen LogP contribution is -2.57. The van der Waals surface area contributed by atoms with Crippen LogP contribution in [0.1, 0.15) is 206 Å². The average Bonchev–Trinajstić information content (AvgIpc) is 3.10. The second-order valence-corrected chi connectivity index (χ2v) is 16.2. The van der Waals surface area contributed by atoms with Crippen LogP contribution in [0.15, 0.2) is 24.3 Å². The van der Waals surface area contributed by atoms with Gasteiger partial charge < -0.3 is 9.04 Å². The number of quaternary nitrogens is 1. The van der Waals surface area contributed by atoms with Gasteiger partial charge in [0.2, 0.25) is 10.4 Å². The van der Waals surface area contributed by atoms with Gasteiger partial charge in [-0.25, -0.2) is 8.42 Å². The van der Waals surface area contributed by atoms with Crippen molar-refractivity contribution in [1.29, 1.82) is 0 Å². The molecule has 8 heteroatoms. The number of hydrogen-bond acceptors (Lipinski definition) is 6. The Morgan fingerprint density at radius 1 is 0.490 bits per heavy atom. The molecule has 0 radical (unpaired) electrons. The van der Waals surface area contributed by atoms with Gasteiger partial charge in [0, 0.05) is 12.8 Å². The molecule has 0 bridgehead atoms. The number of aldehydes is 2. The molecule has 0 saturated heterocycles. The topological polar surface area (TPSA) is 101 Å². The lowest BCUT2D eigenvalue weighted by atomic mass is 9.99. The van der Waals surface area contributed by atoms with Crippen LogP contribution in [0, 0.1) is 0 Å². The molecular formula is C43H83NO6S. The molecule has 0 aliphatic rings. The molecule has 0 aromatic heterocycles. The van der Waals surface area contributed by atoms with Gasteiger partial charge in [-0.1, -0.05) is 154 Å². The zero-order chi connectivity index (χ0) is 38.3. The number of likely N-dealkylation sites (N-methyl/N-ethyl adjacent to an activating group) is 1. The highest BCUT2D eigenvalue weighted by atomic mass is 32.3. The van der Waals surface area contributed by atoms with Crippen molar-refractivity contribution in [2.24, 2.45) is 0 Å². The van der Waals surface area contributed by atoms with Crippen LogP contribution in [0.5, 0.6) is 0 Å². The first-order valence-electron chi connectivity index (χ1n) is 21.2. The molecular weight excluding hydrogens is 659 g/mol. The molecule has 2 atom stereocenters. The van der Waals surface area contributed by atoms with Crippen molar-refractivity contribution in [3.8, 4) is 0 Å². The fourth-order valence-electron chi connectivity index (χ4n) is 6.56. The van der Waals surface area contributed by atoms with Crippen LogP contribution in [-0.4, -0.2) is 63.3 Å². The van der Waals surface area contributed by atoms with Gasteiger partial charge in [0.15, 0.2) is 12.6 Å². The van der Waals surface area contributed by atoms with E-state index in [2.05, 4.69) is 56.4 Å². The Kier molecular flexibility index (Phi) is 38.9. The van der Waals surface area contributed by atoms with Gasteiger partial charge in [-0.05, 0) is 64.2 Å². The van der Waals surface area contributed by atoms with E-state index in [1.165, 1.54) is 167 Å². The number of rotatable bonds is 37. The fraction of sp³-hybridized carbons (Fsp3) is 0.860. The highest BCUT2D eigenvalue weighted by molar-refractivity contribution is 7.80. The van der Waals surface area contributed by atoms with Gasteiger partial charge in [-0.3, -0.25) is 13.8 Å². The molecule has 0 spiro atoms. The van der Waals surface area contributed by atoms with Crippen LogP contribution in [0.2, 0.25) is 0 Å². The summed E-state index contributed by atoms with van der Waals surface area (Å²) >= 11 is 0. The van der Waals surface area contributed by atoms with Crippen molar-refractivity contribution >= 4 is 23.0 Å². The maximum atomic E-state index is 12.0. The van der Waals surface area contributed by atoms with E-state index in [1.807, 2.05) is 0 Å². The van der Waals surface area contributed by atoms with Crippen molar-refractivity contribution in [1.82, 2.24) is 0 Å². The van der Waals surface area contributed by atoms with Crippen LogP contribution in [0.4, 0.5) is 0 Å². The van der Waals surface area contributed by atoms with Crippen LogP contribution in [-0.2, 0) is 24.2 Å².